The molecule has 0 radical (unpaired) electrons. The molecule has 0 aliphatic rings. The predicted molar refractivity (Wildman–Crippen MR) is 131 cm³/mol. The number of ether oxygens (including phenoxy) is 1. The van der Waals surface area contributed by atoms with Gasteiger partial charge >= 0.3 is 5.97 Å². The van der Waals surface area contributed by atoms with Gasteiger partial charge in [-0.15, -0.1) is 0 Å². The number of esters is 1. The van der Waals surface area contributed by atoms with E-state index in [1.165, 1.54) is 89.9 Å². The molecule has 3 nitrogen and oxygen atoms in total. The quantitative estimate of drug-likeness (QED) is 0.104. The van der Waals surface area contributed by atoms with Crippen molar-refractivity contribution in [1.82, 2.24) is 0 Å². The minimum atomic E-state index is 0.0128. The first-order valence-electron chi connectivity index (χ1n) is 13.3. The highest BCUT2D eigenvalue weighted by Crippen LogP contribution is 2.13. The van der Waals surface area contributed by atoms with Crippen molar-refractivity contribution in [3.63, 3.8) is 0 Å². The lowest BCUT2D eigenvalue weighted by atomic mass is 10.1. The summed E-state index contributed by atoms with van der Waals surface area (Å²) in [6.07, 6.45) is 24.5. The normalized spacial score (nSPS) is 11.5. The van der Waals surface area contributed by atoms with E-state index in [4.69, 9.17) is 4.74 Å². The van der Waals surface area contributed by atoms with Gasteiger partial charge in [-0.3, -0.25) is 4.79 Å². The van der Waals surface area contributed by atoms with Crippen molar-refractivity contribution in [3.05, 3.63) is 0 Å². The molecule has 1 atom stereocenters. The van der Waals surface area contributed by atoms with E-state index in [1.54, 1.807) is 0 Å². The smallest absolute Gasteiger partial charge is 0.306 e. The lowest BCUT2D eigenvalue weighted by Crippen LogP contribution is -2.17. The predicted octanol–water partition coefficient (Wildman–Crippen LogP) is 8.97. The van der Waals surface area contributed by atoms with Gasteiger partial charge in [-0.1, -0.05) is 111 Å². The van der Waals surface area contributed by atoms with Gasteiger partial charge in [0, 0.05) is 12.8 Å². The van der Waals surface area contributed by atoms with Crippen LogP contribution in [0.1, 0.15) is 156 Å². The molecule has 0 saturated carbocycles. The fourth-order valence-corrected chi connectivity index (χ4v) is 3.45. The summed E-state index contributed by atoms with van der Waals surface area (Å²) in [5.41, 5.74) is 0. The zero-order valence-corrected chi connectivity index (χ0v) is 21.0. The molecule has 0 aromatic heterocycles. The van der Waals surface area contributed by atoms with E-state index in [9.17, 15) is 9.59 Å². The molecule has 0 fully saturated rings. The minimum absolute atomic E-state index is 0.0128. The maximum Gasteiger partial charge on any atom is 0.306 e. The number of rotatable bonds is 21. The van der Waals surface area contributed by atoms with Crippen molar-refractivity contribution in [2.75, 3.05) is 0 Å². The topological polar surface area (TPSA) is 43.4 Å². The Morgan fingerprint density at radius 3 is 1.63 bits per heavy atom. The number of carbonyl (C=O) groups excluding carboxylic acids is 2. The number of unbranched alkanes of at least 4 members (excludes halogenated alkanes) is 14. The first-order valence-corrected chi connectivity index (χ1v) is 13.3. The highest BCUT2D eigenvalue weighted by molar-refractivity contribution is 5.69. The number of aldehydes is 1. The zero-order valence-electron chi connectivity index (χ0n) is 21.0. The molecule has 0 aromatic carbocycles. The van der Waals surface area contributed by atoms with Crippen LogP contribution in [0.2, 0.25) is 0 Å². The molecule has 0 spiro atoms. The maximum absolute atomic E-state index is 11.7. The van der Waals surface area contributed by atoms with Crippen molar-refractivity contribution in [3.8, 4) is 0 Å². The van der Waals surface area contributed by atoms with Crippen LogP contribution in [0.5, 0.6) is 0 Å². The van der Waals surface area contributed by atoms with Gasteiger partial charge < -0.3 is 9.53 Å². The van der Waals surface area contributed by atoms with Crippen molar-refractivity contribution >= 4 is 12.3 Å². The van der Waals surface area contributed by atoms with Crippen LogP contribution in [0.25, 0.3) is 0 Å². The van der Waals surface area contributed by atoms with Gasteiger partial charge in [0.25, 0.3) is 0 Å². The van der Waals surface area contributed by atoms with Crippen molar-refractivity contribution in [2.45, 2.75) is 162 Å². The van der Waals surface area contributed by atoms with Gasteiger partial charge in [0.2, 0.25) is 0 Å². The van der Waals surface area contributed by atoms with Crippen LogP contribution in [0.15, 0.2) is 0 Å². The SMILES string of the molecule is CCCCCCCCC(=O)OC(CC)CCCCC.CCCCCCCCCC=O. The highest BCUT2D eigenvalue weighted by Gasteiger charge is 2.11. The number of hydrogen-bond acceptors (Lipinski definition) is 3. The second kappa shape index (κ2) is 28.1. The summed E-state index contributed by atoms with van der Waals surface area (Å²) in [5, 5.41) is 0. The Bertz CT molecular complexity index is 341. The van der Waals surface area contributed by atoms with Crippen LogP contribution in [-0.2, 0) is 14.3 Å². The lowest BCUT2D eigenvalue weighted by molar-refractivity contribution is -0.149. The number of carbonyl (C=O) groups is 2. The summed E-state index contributed by atoms with van der Waals surface area (Å²) in [4.78, 5) is 21.7. The van der Waals surface area contributed by atoms with E-state index in [-0.39, 0.29) is 12.1 Å². The zero-order chi connectivity index (χ0) is 22.7. The molecule has 0 bridgehead atoms. The molecular weight excluding hydrogens is 372 g/mol. The summed E-state index contributed by atoms with van der Waals surface area (Å²) >= 11 is 0. The van der Waals surface area contributed by atoms with Gasteiger partial charge in [0.1, 0.15) is 12.4 Å². The molecule has 0 aliphatic carbocycles. The van der Waals surface area contributed by atoms with Crippen LogP contribution < -0.4 is 0 Å². The molecule has 0 saturated heterocycles. The summed E-state index contributed by atoms with van der Waals surface area (Å²) < 4.78 is 5.54. The third-order valence-electron chi connectivity index (χ3n) is 5.54. The fraction of sp³-hybridized carbons (Fsp3) is 0.926. The molecule has 0 amide bonds. The second-order valence-corrected chi connectivity index (χ2v) is 8.61. The molecular formula is C27H54O3. The Morgan fingerprint density at radius 2 is 1.13 bits per heavy atom. The Labute approximate surface area is 189 Å². The first-order chi connectivity index (χ1) is 14.7. The Kier molecular flexibility index (Phi) is 29.4. The second-order valence-electron chi connectivity index (χ2n) is 8.61. The van der Waals surface area contributed by atoms with Crippen molar-refractivity contribution in [1.29, 1.82) is 0 Å². The van der Waals surface area contributed by atoms with E-state index in [2.05, 4.69) is 27.7 Å². The first kappa shape index (κ1) is 31.3. The fourth-order valence-electron chi connectivity index (χ4n) is 3.45. The third-order valence-corrected chi connectivity index (χ3v) is 5.54. The van der Waals surface area contributed by atoms with E-state index in [1.807, 2.05) is 0 Å². The average Bonchev–Trinajstić information content (AvgIpc) is 2.75. The van der Waals surface area contributed by atoms with Crippen LogP contribution >= 0.6 is 0 Å². The molecule has 30 heavy (non-hydrogen) atoms. The summed E-state index contributed by atoms with van der Waals surface area (Å²) in [6, 6.07) is 0. The Hall–Kier alpha value is -0.860. The van der Waals surface area contributed by atoms with Crippen molar-refractivity contribution < 1.29 is 14.3 Å². The van der Waals surface area contributed by atoms with Gasteiger partial charge in [-0.05, 0) is 32.1 Å². The van der Waals surface area contributed by atoms with Crippen molar-refractivity contribution in [2.24, 2.45) is 0 Å². The van der Waals surface area contributed by atoms with E-state index in [0.29, 0.717) is 6.42 Å². The molecule has 0 heterocycles. The van der Waals surface area contributed by atoms with Gasteiger partial charge in [-0.25, -0.2) is 0 Å². The van der Waals surface area contributed by atoms with Gasteiger partial charge in [0.05, 0.1) is 0 Å². The monoisotopic (exact) mass is 426 g/mol. The lowest BCUT2D eigenvalue weighted by Gasteiger charge is -2.16. The number of hydrogen-bond donors (Lipinski definition) is 0. The molecule has 0 rings (SSSR count). The largest absolute Gasteiger partial charge is 0.462 e. The molecule has 3 heteroatoms. The standard InChI is InChI=1S/C17H34O2.C10H20O/c1-4-7-9-10-11-13-15-17(18)19-16(6-3)14-12-8-5-2;1-2-3-4-5-6-7-8-9-10-11/h16H,4-15H2,1-3H3;10H,2-9H2,1H3. The molecule has 0 aliphatic heterocycles. The van der Waals surface area contributed by atoms with Crippen LogP contribution in [0.3, 0.4) is 0 Å². The molecule has 0 N–H and O–H groups in total. The Morgan fingerprint density at radius 1 is 0.667 bits per heavy atom. The van der Waals surface area contributed by atoms with E-state index in [0.717, 1.165) is 38.4 Å². The maximum atomic E-state index is 11.7. The van der Waals surface area contributed by atoms with E-state index >= 15 is 0 Å². The van der Waals surface area contributed by atoms with Crippen LogP contribution in [0, 0.1) is 0 Å². The molecule has 1 unspecified atom stereocenters. The highest BCUT2D eigenvalue weighted by atomic mass is 16.5. The average molecular weight is 427 g/mol. The summed E-state index contributed by atoms with van der Waals surface area (Å²) in [6.45, 7) is 8.76. The summed E-state index contributed by atoms with van der Waals surface area (Å²) in [7, 11) is 0. The molecule has 180 valence electrons. The minimum Gasteiger partial charge on any atom is -0.462 e. The Balaban J connectivity index is 0. The van der Waals surface area contributed by atoms with Gasteiger partial charge in [-0.2, -0.15) is 0 Å². The third kappa shape index (κ3) is 27.1. The van der Waals surface area contributed by atoms with Crippen LogP contribution in [-0.4, -0.2) is 18.4 Å². The van der Waals surface area contributed by atoms with E-state index < -0.39 is 0 Å². The molecule has 0 aromatic rings. The summed E-state index contributed by atoms with van der Waals surface area (Å²) in [5.74, 6) is 0.0128. The van der Waals surface area contributed by atoms with Crippen LogP contribution in [0.4, 0.5) is 0 Å². The van der Waals surface area contributed by atoms with Gasteiger partial charge in [0.15, 0.2) is 0 Å².